The van der Waals surface area contributed by atoms with Gasteiger partial charge in [0.25, 0.3) is 0 Å². The van der Waals surface area contributed by atoms with Crippen LogP contribution in [0.1, 0.15) is 0 Å². The molecule has 0 bridgehead atoms. The summed E-state index contributed by atoms with van der Waals surface area (Å²) in [4.78, 5) is 0. The monoisotopic (exact) mass is 304 g/mol. The molecule has 1 fully saturated rings. The lowest BCUT2D eigenvalue weighted by atomic mass is 10.00. The lowest BCUT2D eigenvalue weighted by Gasteiger charge is -2.35. The molecule has 0 aromatic carbocycles. The van der Waals surface area contributed by atoms with E-state index in [-0.39, 0.29) is 16.9 Å². The summed E-state index contributed by atoms with van der Waals surface area (Å²) in [6.45, 7) is -0.537. The summed E-state index contributed by atoms with van der Waals surface area (Å²) in [5.74, 6) is -0.0440. The van der Waals surface area contributed by atoms with Gasteiger partial charge in [-0.1, -0.05) is 11.6 Å². The SMILES string of the molecule is OC[C@H]1O/C(=N\Nc2ccc(Cl)nn2)[C@H](O)[C@@H](O)[C@H]1O. The van der Waals surface area contributed by atoms with E-state index in [1.54, 1.807) is 0 Å². The molecule has 1 aromatic heterocycles. The predicted molar refractivity (Wildman–Crippen MR) is 68.1 cm³/mol. The van der Waals surface area contributed by atoms with E-state index in [0.29, 0.717) is 0 Å². The lowest BCUT2D eigenvalue weighted by Crippen LogP contribution is -2.56. The molecule has 1 aliphatic rings. The highest BCUT2D eigenvalue weighted by atomic mass is 35.5. The summed E-state index contributed by atoms with van der Waals surface area (Å²) < 4.78 is 5.08. The number of nitrogens with zero attached hydrogens (tertiary/aromatic N) is 3. The molecule has 0 unspecified atom stereocenters. The minimum Gasteiger partial charge on any atom is -0.469 e. The molecule has 10 heteroatoms. The van der Waals surface area contributed by atoms with E-state index in [4.69, 9.17) is 21.4 Å². The van der Waals surface area contributed by atoms with Crippen molar-refractivity contribution < 1.29 is 25.2 Å². The summed E-state index contributed by atoms with van der Waals surface area (Å²) in [5.41, 5.74) is 2.45. The molecule has 4 atom stereocenters. The smallest absolute Gasteiger partial charge is 0.238 e. The largest absolute Gasteiger partial charge is 0.469 e. The Kier molecular flexibility index (Phi) is 4.68. The van der Waals surface area contributed by atoms with Crippen LogP contribution in [0.3, 0.4) is 0 Å². The van der Waals surface area contributed by atoms with Gasteiger partial charge in [-0.15, -0.1) is 15.3 Å². The van der Waals surface area contributed by atoms with Crippen LogP contribution in [0.5, 0.6) is 0 Å². The Labute approximate surface area is 118 Å². The van der Waals surface area contributed by atoms with Gasteiger partial charge in [-0.05, 0) is 12.1 Å². The van der Waals surface area contributed by atoms with E-state index < -0.39 is 31.0 Å². The van der Waals surface area contributed by atoms with Gasteiger partial charge < -0.3 is 25.2 Å². The van der Waals surface area contributed by atoms with Crippen LogP contribution >= 0.6 is 11.6 Å². The number of ether oxygens (including phenoxy) is 1. The fourth-order valence-corrected chi connectivity index (χ4v) is 1.67. The zero-order chi connectivity index (χ0) is 14.7. The number of hydrogen-bond donors (Lipinski definition) is 5. The zero-order valence-corrected chi connectivity index (χ0v) is 10.8. The molecule has 9 nitrogen and oxygen atoms in total. The third kappa shape index (κ3) is 3.14. The third-order valence-corrected chi connectivity index (χ3v) is 2.87. The summed E-state index contributed by atoms with van der Waals surface area (Å²) in [6.07, 6.45) is -5.53. The topological polar surface area (TPSA) is 140 Å². The Balaban J connectivity index is 2.10. The second-order valence-corrected chi connectivity index (χ2v) is 4.46. The normalized spacial score (nSPS) is 31.9. The van der Waals surface area contributed by atoms with E-state index in [9.17, 15) is 15.3 Å². The Morgan fingerprint density at radius 2 is 2.00 bits per heavy atom. The molecule has 1 aliphatic heterocycles. The fraction of sp³-hybridized carbons (Fsp3) is 0.500. The average Bonchev–Trinajstić information content (AvgIpc) is 2.46. The van der Waals surface area contributed by atoms with Gasteiger partial charge in [-0.3, -0.25) is 5.43 Å². The minimum atomic E-state index is -1.53. The number of halogens is 1. The molecule has 0 saturated carbocycles. The molecule has 20 heavy (non-hydrogen) atoms. The quantitative estimate of drug-likeness (QED) is 0.417. The Hall–Kier alpha value is -1.52. The van der Waals surface area contributed by atoms with Crippen molar-refractivity contribution in [2.24, 2.45) is 5.10 Å². The number of rotatable bonds is 3. The van der Waals surface area contributed by atoms with Crippen LogP contribution in [-0.2, 0) is 4.74 Å². The molecule has 1 saturated heterocycles. The highest BCUT2D eigenvalue weighted by Crippen LogP contribution is 2.18. The van der Waals surface area contributed by atoms with Crippen LogP contribution in [0.2, 0.25) is 5.15 Å². The van der Waals surface area contributed by atoms with Crippen LogP contribution in [0.4, 0.5) is 5.82 Å². The first-order valence-electron chi connectivity index (χ1n) is 5.67. The van der Waals surface area contributed by atoms with Gasteiger partial charge in [0.1, 0.15) is 12.2 Å². The number of hydrazone groups is 1. The average molecular weight is 305 g/mol. The van der Waals surface area contributed by atoms with Gasteiger partial charge in [-0.2, -0.15) is 0 Å². The molecular weight excluding hydrogens is 292 g/mol. The Bertz CT molecular complexity index is 483. The van der Waals surface area contributed by atoms with E-state index in [2.05, 4.69) is 20.7 Å². The predicted octanol–water partition coefficient (Wildman–Crippen LogP) is -1.67. The van der Waals surface area contributed by atoms with Gasteiger partial charge in [0, 0.05) is 0 Å². The van der Waals surface area contributed by atoms with Crippen molar-refractivity contribution in [2.75, 3.05) is 12.0 Å². The van der Waals surface area contributed by atoms with Crippen molar-refractivity contribution in [3.05, 3.63) is 17.3 Å². The molecule has 0 radical (unpaired) electrons. The molecule has 2 heterocycles. The summed E-state index contributed by atoms with van der Waals surface area (Å²) >= 11 is 5.57. The molecule has 0 spiro atoms. The maximum absolute atomic E-state index is 9.70. The summed E-state index contributed by atoms with van der Waals surface area (Å²) in [7, 11) is 0. The molecule has 2 rings (SSSR count). The number of aromatic nitrogens is 2. The summed E-state index contributed by atoms with van der Waals surface area (Å²) in [6, 6.07) is 2.97. The molecule has 5 N–H and O–H groups in total. The number of anilines is 1. The maximum Gasteiger partial charge on any atom is 0.238 e. The molecule has 110 valence electrons. The van der Waals surface area contributed by atoms with Crippen LogP contribution < -0.4 is 5.43 Å². The number of hydrogen-bond acceptors (Lipinski definition) is 9. The van der Waals surface area contributed by atoms with Gasteiger partial charge in [0.2, 0.25) is 5.90 Å². The van der Waals surface area contributed by atoms with E-state index >= 15 is 0 Å². The van der Waals surface area contributed by atoms with Gasteiger partial charge in [0.15, 0.2) is 23.2 Å². The standard InChI is InChI=1S/C10H13ClN4O5/c11-5-1-2-6(13-12-5)14-15-10-9(19)8(18)7(17)4(3-16)20-10/h1-2,4,7-9,16-19H,3H2,(H,13,14)/b15-10-/t4-,7+,8+,9-/m1/s1. The first-order valence-corrected chi connectivity index (χ1v) is 6.05. The summed E-state index contributed by atoms with van der Waals surface area (Å²) in [5, 5.41) is 49.0. The third-order valence-electron chi connectivity index (χ3n) is 2.67. The maximum atomic E-state index is 9.70. The number of aliphatic hydroxyl groups excluding tert-OH is 4. The van der Waals surface area contributed by atoms with Crippen molar-refractivity contribution in [3.8, 4) is 0 Å². The fourth-order valence-electron chi connectivity index (χ4n) is 1.57. The zero-order valence-electron chi connectivity index (χ0n) is 10.1. The highest BCUT2D eigenvalue weighted by molar-refractivity contribution is 6.29. The number of nitrogens with one attached hydrogen (secondary N) is 1. The second kappa shape index (κ2) is 6.29. The van der Waals surface area contributed by atoms with Crippen molar-refractivity contribution in [2.45, 2.75) is 24.4 Å². The minimum absolute atomic E-state index is 0.205. The lowest BCUT2D eigenvalue weighted by molar-refractivity contribution is -0.128. The van der Waals surface area contributed by atoms with Crippen molar-refractivity contribution >= 4 is 23.3 Å². The van der Waals surface area contributed by atoms with Crippen LogP contribution in [0.25, 0.3) is 0 Å². The van der Waals surface area contributed by atoms with Crippen LogP contribution in [0, 0.1) is 0 Å². The van der Waals surface area contributed by atoms with Gasteiger partial charge >= 0.3 is 0 Å². The highest BCUT2D eigenvalue weighted by Gasteiger charge is 2.42. The first kappa shape index (κ1) is 14.9. The van der Waals surface area contributed by atoms with E-state index in [1.165, 1.54) is 12.1 Å². The van der Waals surface area contributed by atoms with Crippen molar-refractivity contribution in [3.63, 3.8) is 0 Å². The number of aliphatic hydroxyl groups is 4. The molecule has 1 aromatic rings. The Morgan fingerprint density at radius 3 is 2.60 bits per heavy atom. The van der Waals surface area contributed by atoms with E-state index in [0.717, 1.165) is 0 Å². The van der Waals surface area contributed by atoms with Crippen LogP contribution in [-0.4, -0.2) is 67.5 Å². The molecule has 0 aliphatic carbocycles. The van der Waals surface area contributed by atoms with Crippen LogP contribution in [0.15, 0.2) is 17.2 Å². The van der Waals surface area contributed by atoms with Gasteiger partial charge in [0.05, 0.1) is 6.61 Å². The second-order valence-electron chi connectivity index (χ2n) is 4.07. The van der Waals surface area contributed by atoms with E-state index in [1.807, 2.05) is 0 Å². The van der Waals surface area contributed by atoms with Crippen molar-refractivity contribution in [1.82, 2.24) is 10.2 Å². The first-order chi connectivity index (χ1) is 9.52. The van der Waals surface area contributed by atoms with Gasteiger partial charge in [-0.25, -0.2) is 0 Å². The molecule has 0 amide bonds. The molecular formula is C10H13ClN4O5. The van der Waals surface area contributed by atoms with Crippen molar-refractivity contribution in [1.29, 1.82) is 0 Å². The Morgan fingerprint density at radius 1 is 1.25 bits per heavy atom.